The van der Waals surface area contributed by atoms with Gasteiger partial charge in [-0.3, -0.25) is 14.4 Å². The van der Waals surface area contributed by atoms with E-state index in [9.17, 15) is 9.90 Å². The van der Waals surface area contributed by atoms with Crippen LogP contribution in [-0.2, 0) is 22.6 Å². The molecule has 0 radical (unpaired) electrons. The second kappa shape index (κ2) is 6.16. The zero-order valence-electron chi connectivity index (χ0n) is 11.5. The second-order valence-electron chi connectivity index (χ2n) is 4.85. The minimum atomic E-state index is -0.651. The molecule has 106 valence electrons. The van der Waals surface area contributed by atoms with E-state index < -0.39 is 12.1 Å². The van der Waals surface area contributed by atoms with Crippen molar-refractivity contribution in [3.63, 3.8) is 0 Å². The first-order valence-electron chi connectivity index (χ1n) is 6.67. The predicted molar refractivity (Wildman–Crippen MR) is 69.4 cm³/mol. The predicted octanol–water partition coefficient (Wildman–Crippen LogP) is 0.401. The summed E-state index contributed by atoms with van der Waals surface area (Å²) in [7, 11) is 1.36. The molecule has 1 aliphatic heterocycles. The van der Waals surface area contributed by atoms with Crippen LogP contribution in [0.3, 0.4) is 0 Å². The van der Waals surface area contributed by atoms with Gasteiger partial charge in [0.1, 0.15) is 6.04 Å². The molecule has 1 N–H and O–H groups in total. The first-order valence-corrected chi connectivity index (χ1v) is 6.67. The minimum absolute atomic E-state index is 0.366. The van der Waals surface area contributed by atoms with Gasteiger partial charge in [-0.15, -0.1) is 0 Å². The van der Waals surface area contributed by atoms with E-state index in [1.807, 2.05) is 22.7 Å². The van der Waals surface area contributed by atoms with Gasteiger partial charge in [-0.2, -0.15) is 5.10 Å². The smallest absolute Gasteiger partial charge is 0.325 e. The maximum absolute atomic E-state index is 11.8. The number of ether oxygens (including phenoxy) is 1. The van der Waals surface area contributed by atoms with Crippen LogP contribution in [0.2, 0.25) is 0 Å². The fourth-order valence-electron chi connectivity index (χ4n) is 2.54. The number of aromatic nitrogens is 2. The van der Waals surface area contributed by atoms with Crippen LogP contribution in [0.1, 0.15) is 25.3 Å². The molecule has 6 heteroatoms. The standard InChI is InChI=1S/C13H21N3O3/c1-3-16-9-10(7-14-16)8-15-6-4-5-11(17)12(15)13(18)19-2/h7,9,11-12,17H,3-6,8H2,1-2H3/t11-,12-/m1/s1. The van der Waals surface area contributed by atoms with Crippen molar-refractivity contribution < 1.29 is 14.6 Å². The highest BCUT2D eigenvalue weighted by molar-refractivity contribution is 5.76. The number of hydrogen-bond donors (Lipinski definition) is 1. The number of methoxy groups -OCH3 is 1. The maximum Gasteiger partial charge on any atom is 0.325 e. The molecular weight excluding hydrogens is 246 g/mol. The molecule has 2 heterocycles. The summed E-state index contributed by atoms with van der Waals surface area (Å²) in [5.74, 6) is -0.366. The van der Waals surface area contributed by atoms with Crippen molar-refractivity contribution in [3.8, 4) is 0 Å². The molecule has 0 saturated carbocycles. The Morgan fingerprint density at radius 1 is 1.63 bits per heavy atom. The molecule has 1 saturated heterocycles. The van der Waals surface area contributed by atoms with E-state index in [1.54, 1.807) is 6.20 Å². The number of esters is 1. The summed E-state index contributed by atoms with van der Waals surface area (Å²) in [6.45, 7) is 4.24. The third-order valence-corrected chi connectivity index (χ3v) is 3.54. The van der Waals surface area contributed by atoms with Gasteiger partial charge in [0.05, 0.1) is 19.4 Å². The summed E-state index contributed by atoms with van der Waals surface area (Å²) in [4.78, 5) is 13.8. The van der Waals surface area contributed by atoms with Crippen molar-refractivity contribution in [3.05, 3.63) is 18.0 Å². The number of nitrogens with zero attached hydrogens (tertiary/aromatic N) is 3. The van der Waals surface area contributed by atoms with Gasteiger partial charge in [0.15, 0.2) is 0 Å². The highest BCUT2D eigenvalue weighted by atomic mass is 16.5. The average molecular weight is 267 g/mol. The van der Waals surface area contributed by atoms with Gasteiger partial charge in [-0.05, 0) is 26.3 Å². The molecule has 0 aromatic carbocycles. The zero-order valence-corrected chi connectivity index (χ0v) is 11.5. The maximum atomic E-state index is 11.8. The van der Waals surface area contributed by atoms with Crippen molar-refractivity contribution in [2.45, 2.75) is 45.0 Å². The molecule has 0 unspecified atom stereocenters. The highest BCUT2D eigenvalue weighted by Crippen LogP contribution is 2.21. The van der Waals surface area contributed by atoms with Gasteiger partial charge in [0.25, 0.3) is 0 Å². The molecule has 2 atom stereocenters. The van der Waals surface area contributed by atoms with Crippen LogP contribution in [0.15, 0.2) is 12.4 Å². The van der Waals surface area contributed by atoms with Crippen molar-refractivity contribution in [1.29, 1.82) is 0 Å². The van der Waals surface area contributed by atoms with E-state index in [-0.39, 0.29) is 5.97 Å². The minimum Gasteiger partial charge on any atom is -0.468 e. The lowest BCUT2D eigenvalue weighted by molar-refractivity contribution is -0.154. The second-order valence-corrected chi connectivity index (χ2v) is 4.85. The van der Waals surface area contributed by atoms with Crippen molar-refractivity contribution in [2.24, 2.45) is 0 Å². The number of carbonyl (C=O) groups excluding carboxylic acids is 1. The summed E-state index contributed by atoms with van der Waals surface area (Å²) < 4.78 is 6.64. The number of aliphatic hydroxyl groups is 1. The van der Waals surface area contributed by atoms with Crippen LogP contribution in [-0.4, -0.2) is 51.6 Å². The topological polar surface area (TPSA) is 67.6 Å². The molecule has 1 fully saturated rings. The van der Waals surface area contributed by atoms with Gasteiger partial charge in [-0.1, -0.05) is 0 Å². The Morgan fingerprint density at radius 2 is 2.42 bits per heavy atom. The third kappa shape index (κ3) is 3.13. The molecule has 2 rings (SSSR count). The van der Waals surface area contributed by atoms with Gasteiger partial charge < -0.3 is 9.84 Å². The van der Waals surface area contributed by atoms with E-state index in [0.717, 1.165) is 25.1 Å². The van der Waals surface area contributed by atoms with Crippen molar-refractivity contribution in [1.82, 2.24) is 14.7 Å². The molecule has 6 nitrogen and oxygen atoms in total. The van der Waals surface area contributed by atoms with Crippen LogP contribution in [0.4, 0.5) is 0 Å². The normalized spacial score (nSPS) is 24.4. The van der Waals surface area contributed by atoms with E-state index in [0.29, 0.717) is 13.0 Å². The van der Waals surface area contributed by atoms with E-state index in [4.69, 9.17) is 4.74 Å². The number of hydrogen-bond acceptors (Lipinski definition) is 5. The molecule has 0 amide bonds. The van der Waals surface area contributed by atoms with Gasteiger partial charge in [-0.25, -0.2) is 0 Å². The Labute approximate surface area is 113 Å². The lowest BCUT2D eigenvalue weighted by atomic mass is 9.98. The summed E-state index contributed by atoms with van der Waals surface area (Å²) in [6, 6.07) is -0.566. The lowest BCUT2D eigenvalue weighted by Gasteiger charge is -2.36. The molecule has 1 aliphatic rings. The molecule has 0 spiro atoms. The molecule has 0 aliphatic carbocycles. The van der Waals surface area contributed by atoms with Gasteiger partial charge in [0, 0.05) is 24.8 Å². The van der Waals surface area contributed by atoms with Crippen LogP contribution in [0.25, 0.3) is 0 Å². The van der Waals surface area contributed by atoms with Crippen LogP contribution in [0, 0.1) is 0 Å². The molecule has 1 aromatic heterocycles. The van der Waals surface area contributed by atoms with Crippen molar-refractivity contribution in [2.75, 3.05) is 13.7 Å². The molecule has 0 bridgehead atoms. The fraction of sp³-hybridized carbons (Fsp3) is 0.692. The number of aliphatic hydroxyl groups excluding tert-OH is 1. The lowest BCUT2D eigenvalue weighted by Crippen LogP contribution is -2.52. The highest BCUT2D eigenvalue weighted by Gasteiger charge is 2.36. The molecular formula is C13H21N3O3. The monoisotopic (exact) mass is 267 g/mol. The Bertz CT molecular complexity index is 433. The Kier molecular flexibility index (Phi) is 4.55. The quantitative estimate of drug-likeness (QED) is 0.800. The number of piperidine rings is 1. The third-order valence-electron chi connectivity index (χ3n) is 3.54. The first kappa shape index (κ1) is 14.0. The summed E-state index contributed by atoms with van der Waals surface area (Å²) in [5, 5.41) is 14.2. The largest absolute Gasteiger partial charge is 0.468 e. The van der Waals surface area contributed by atoms with Gasteiger partial charge in [0.2, 0.25) is 0 Å². The number of carbonyl (C=O) groups is 1. The van der Waals surface area contributed by atoms with E-state index >= 15 is 0 Å². The fourth-order valence-corrected chi connectivity index (χ4v) is 2.54. The first-order chi connectivity index (χ1) is 9.15. The van der Waals surface area contributed by atoms with Crippen LogP contribution in [0.5, 0.6) is 0 Å². The van der Waals surface area contributed by atoms with E-state index in [2.05, 4.69) is 5.10 Å². The van der Waals surface area contributed by atoms with Gasteiger partial charge >= 0.3 is 5.97 Å². The summed E-state index contributed by atoms with van der Waals surface area (Å²) in [6.07, 6.45) is 4.65. The summed E-state index contributed by atoms with van der Waals surface area (Å²) >= 11 is 0. The Balaban J connectivity index is 2.09. The van der Waals surface area contributed by atoms with Crippen LogP contribution < -0.4 is 0 Å². The SMILES string of the molecule is CCn1cc(CN2CCC[C@@H](O)[C@@H]2C(=O)OC)cn1. The zero-order chi connectivity index (χ0) is 13.8. The Morgan fingerprint density at radius 3 is 3.05 bits per heavy atom. The molecule has 1 aromatic rings. The number of aryl methyl sites for hydroxylation is 1. The molecule has 19 heavy (non-hydrogen) atoms. The van der Waals surface area contributed by atoms with Crippen LogP contribution >= 0.6 is 0 Å². The van der Waals surface area contributed by atoms with E-state index in [1.165, 1.54) is 7.11 Å². The number of rotatable bonds is 4. The average Bonchev–Trinajstić information content (AvgIpc) is 2.86. The van der Waals surface area contributed by atoms with Crippen molar-refractivity contribution >= 4 is 5.97 Å². The summed E-state index contributed by atoms with van der Waals surface area (Å²) in [5.41, 5.74) is 1.05. The Hall–Kier alpha value is -1.40. The number of likely N-dealkylation sites (tertiary alicyclic amines) is 1.